The Morgan fingerprint density at radius 2 is 1.86 bits per heavy atom. The molecule has 29 heavy (non-hydrogen) atoms. The van der Waals surface area contributed by atoms with E-state index in [4.69, 9.17) is 4.74 Å². The molecule has 1 N–H and O–H groups in total. The Kier molecular flexibility index (Phi) is 6.69. The number of piperazine rings is 1. The van der Waals surface area contributed by atoms with Crippen LogP contribution in [0.5, 0.6) is 0 Å². The molecule has 1 saturated heterocycles. The van der Waals surface area contributed by atoms with Crippen LogP contribution in [0.1, 0.15) is 42.6 Å². The van der Waals surface area contributed by atoms with Gasteiger partial charge in [-0.25, -0.2) is 4.79 Å². The van der Waals surface area contributed by atoms with E-state index in [2.05, 4.69) is 29.0 Å². The van der Waals surface area contributed by atoms with Gasteiger partial charge >= 0.3 is 6.09 Å². The molecule has 7 nitrogen and oxygen atoms in total. The highest BCUT2D eigenvalue weighted by Gasteiger charge is 2.23. The zero-order chi connectivity index (χ0) is 20.8. The highest BCUT2D eigenvalue weighted by molar-refractivity contribution is 6.05. The number of para-hydroxylation sites is 1. The monoisotopic (exact) mass is 396 g/mol. The molecule has 1 aromatic carbocycles. The first-order chi connectivity index (χ1) is 14.0. The molecule has 7 heteroatoms. The number of amides is 2. The van der Waals surface area contributed by atoms with E-state index in [1.807, 2.05) is 30.3 Å². The number of nitrogens with one attached hydrogen (secondary N) is 1. The summed E-state index contributed by atoms with van der Waals surface area (Å²) < 4.78 is 5.06. The number of hydrogen-bond acceptors (Lipinski definition) is 5. The number of carbonyl (C=O) groups excluding carboxylic acids is 2. The van der Waals surface area contributed by atoms with Gasteiger partial charge in [0.15, 0.2) is 0 Å². The molecule has 3 rings (SSSR count). The highest BCUT2D eigenvalue weighted by Crippen LogP contribution is 2.25. The summed E-state index contributed by atoms with van der Waals surface area (Å²) in [6.45, 7) is 8.87. The van der Waals surface area contributed by atoms with Crippen LogP contribution in [0.15, 0.2) is 42.7 Å². The average Bonchev–Trinajstić information content (AvgIpc) is 2.74. The molecule has 1 aliphatic rings. The average molecular weight is 396 g/mol. The van der Waals surface area contributed by atoms with Crippen molar-refractivity contribution >= 4 is 23.4 Å². The lowest BCUT2D eigenvalue weighted by molar-refractivity contribution is 0.102. The van der Waals surface area contributed by atoms with Gasteiger partial charge in [-0.2, -0.15) is 0 Å². The van der Waals surface area contributed by atoms with Gasteiger partial charge in [0.1, 0.15) is 0 Å². The number of aromatic nitrogens is 1. The molecule has 0 spiro atoms. The summed E-state index contributed by atoms with van der Waals surface area (Å²) in [5.41, 5.74) is 3.30. The van der Waals surface area contributed by atoms with Crippen LogP contribution in [-0.2, 0) is 4.74 Å². The summed E-state index contributed by atoms with van der Waals surface area (Å²) >= 11 is 0. The number of hydrogen-bond donors (Lipinski definition) is 1. The molecule has 0 unspecified atom stereocenters. The third-order valence-electron chi connectivity index (χ3n) is 4.99. The van der Waals surface area contributed by atoms with Gasteiger partial charge in [0, 0.05) is 38.1 Å². The predicted octanol–water partition coefficient (Wildman–Crippen LogP) is 3.74. The Morgan fingerprint density at radius 3 is 2.55 bits per heavy atom. The Balaban J connectivity index is 1.67. The van der Waals surface area contributed by atoms with Gasteiger partial charge in [0.25, 0.3) is 5.91 Å². The number of pyridine rings is 1. The second-order valence-corrected chi connectivity index (χ2v) is 7.30. The fraction of sp³-hybridized carbons (Fsp3) is 0.409. The molecule has 2 aromatic rings. The second-order valence-electron chi connectivity index (χ2n) is 7.30. The van der Waals surface area contributed by atoms with Gasteiger partial charge in [-0.3, -0.25) is 9.78 Å². The third-order valence-corrected chi connectivity index (χ3v) is 4.99. The van der Waals surface area contributed by atoms with Crippen molar-refractivity contribution in [3.8, 4) is 0 Å². The molecular weight excluding hydrogens is 368 g/mol. The summed E-state index contributed by atoms with van der Waals surface area (Å²) in [6.07, 6.45) is 3.05. The van der Waals surface area contributed by atoms with Crippen molar-refractivity contribution in [1.82, 2.24) is 9.88 Å². The van der Waals surface area contributed by atoms with Crippen LogP contribution in [0, 0.1) is 0 Å². The number of carbonyl (C=O) groups is 2. The first kappa shape index (κ1) is 20.6. The zero-order valence-corrected chi connectivity index (χ0v) is 17.2. The molecule has 0 atom stereocenters. The number of ether oxygens (including phenoxy) is 1. The van der Waals surface area contributed by atoms with Gasteiger partial charge in [0.05, 0.1) is 24.1 Å². The number of benzene rings is 1. The molecule has 154 valence electrons. The van der Waals surface area contributed by atoms with Crippen LogP contribution in [-0.4, -0.2) is 54.7 Å². The maximum atomic E-state index is 12.8. The predicted molar refractivity (Wildman–Crippen MR) is 114 cm³/mol. The van der Waals surface area contributed by atoms with Crippen molar-refractivity contribution < 1.29 is 14.3 Å². The van der Waals surface area contributed by atoms with E-state index in [0.717, 1.165) is 16.9 Å². The van der Waals surface area contributed by atoms with Crippen LogP contribution in [0.25, 0.3) is 0 Å². The Labute approximate surface area is 171 Å². The minimum Gasteiger partial charge on any atom is -0.450 e. The van der Waals surface area contributed by atoms with Crippen molar-refractivity contribution in [1.29, 1.82) is 0 Å². The molecular formula is C22H28N4O3. The first-order valence-corrected chi connectivity index (χ1v) is 10.0. The van der Waals surface area contributed by atoms with Gasteiger partial charge < -0.3 is 19.9 Å². The van der Waals surface area contributed by atoms with Crippen molar-refractivity contribution in [2.75, 3.05) is 43.0 Å². The smallest absolute Gasteiger partial charge is 0.409 e. The molecule has 0 saturated carbocycles. The summed E-state index contributed by atoms with van der Waals surface area (Å²) in [7, 11) is 0. The normalized spacial score (nSPS) is 14.1. The summed E-state index contributed by atoms with van der Waals surface area (Å²) in [4.78, 5) is 32.7. The largest absolute Gasteiger partial charge is 0.450 e. The molecule has 0 bridgehead atoms. The van der Waals surface area contributed by atoms with Crippen molar-refractivity contribution in [3.05, 3.63) is 53.9 Å². The SMILES string of the molecule is CCOC(=O)N1CCN(c2cncc(C(=O)Nc3ccccc3C(C)C)c2)CC1. The van der Waals surface area contributed by atoms with Crippen LogP contribution < -0.4 is 10.2 Å². The standard InChI is InChI=1S/C22H28N4O3/c1-4-29-22(28)26-11-9-25(10-12-26)18-13-17(14-23-15-18)21(27)24-20-8-6-5-7-19(20)16(2)3/h5-8,13-16H,4,9-12H2,1-3H3,(H,24,27). The van der Waals surface area contributed by atoms with Crippen molar-refractivity contribution in [2.45, 2.75) is 26.7 Å². The molecule has 2 amide bonds. The first-order valence-electron chi connectivity index (χ1n) is 10.0. The molecule has 0 radical (unpaired) electrons. The lowest BCUT2D eigenvalue weighted by Gasteiger charge is -2.35. The number of nitrogens with zero attached hydrogens (tertiary/aromatic N) is 3. The minimum atomic E-state index is -0.276. The second kappa shape index (κ2) is 9.41. The molecule has 1 aliphatic heterocycles. The van der Waals surface area contributed by atoms with Crippen LogP contribution in [0.4, 0.5) is 16.2 Å². The van der Waals surface area contributed by atoms with Crippen LogP contribution >= 0.6 is 0 Å². The lowest BCUT2D eigenvalue weighted by atomic mass is 10.0. The molecule has 0 aliphatic carbocycles. The van der Waals surface area contributed by atoms with Gasteiger partial charge in [-0.1, -0.05) is 32.0 Å². The summed E-state index contributed by atoms with van der Waals surface area (Å²) in [5.74, 6) is 0.129. The quantitative estimate of drug-likeness (QED) is 0.833. The van der Waals surface area contributed by atoms with Gasteiger partial charge in [0.2, 0.25) is 0 Å². The zero-order valence-electron chi connectivity index (χ0n) is 17.2. The van der Waals surface area contributed by atoms with E-state index in [1.165, 1.54) is 0 Å². The van der Waals surface area contributed by atoms with E-state index >= 15 is 0 Å². The van der Waals surface area contributed by atoms with Gasteiger partial charge in [-0.15, -0.1) is 0 Å². The minimum absolute atomic E-state index is 0.183. The maximum Gasteiger partial charge on any atom is 0.409 e. The van der Waals surface area contributed by atoms with E-state index in [-0.39, 0.29) is 12.0 Å². The molecule has 1 aromatic heterocycles. The van der Waals surface area contributed by atoms with Crippen LogP contribution in [0.2, 0.25) is 0 Å². The maximum absolute atomic E-state index is 12.8. The molecule has 2 heterocycles. The highest BCUT2D eigenvalue weighted by atomic mass is 16.6. The summed E-state index contributed by atoms with van der Waals surface area (Å²) in [5, 5.41) is 3.01. The van der Waals surface area contributed by atoms with Crippen LogP contribution in [0.3, 0.4) is 0 Å². The lowest BCUT2D eigenvalue weighted by Crippen LogP contribution is -2.49. The summed E-state index contributed by atoms with van der Waals surface area (Å²) in [6, 6.07) is 9.68. The van der Waals surface area contributed by atoms with E-state index in [0.29, 0.717) is 44.3 Å². The Morgan fingerprint density at radius 1 is 1.14 bits per heavy atom. The third kappa shape index (κ3) is 5.04. The topological polar surface area (TPSA) is 74.8 Å². The van der Waals surface area contributed by atoms with Crippen molar-refractivity contribution in [2.24, 2.45) is 0 Å². The number of rotatable bonds is 5. The Hall–Kier alpha value is -3.09. The fourth-order valence-corrected chi connectivity index (χ4v) is 3.40. The molecule has 1 fully saturated rings. The van der Waals surface area contributed by atoms with E-state index in [1.54, 1.807) is 24.2 Å². The Bertz CT molecular complexity index is 861. The van der Waals surface area contributed by atoms with E-state index in [9.17, 15) is 9.59 Å². The van der Waals surface area contributed by atoms with Crippen molar-refractivity contribution in [3.63, 3.8) is 0 Å². The number of anilines is 2. The van der Waals surface area contributed by atoms with Gasteiger partial charge in [-0.05, 0) is 30.5 Å². The van der Waals surface area contributed by atoms with E-state index < -0.39 is 0 Å². The fourth-order valence-electron chi connectivity index (χ4n) is 3.40.